The number of anilines is 1. The third kappa shape index (κ3) is 3.67. The summed E-state index contributed by atoms with van der Waals surface area (Å²) in [6.07, 6.45) is 3.52. The Labute approximate surface area is 156 Å². The minimum atomic E-state index is -0.965. The van der Waals surface area contributed by atoms with E-state index < -0.39 is 30.3 Å². The predicted octanol–water partition coefficient (Wildman–Crippen LogP) is 1.87. The Morgan fingerprint density at radius 3 is 2.44 bits per heavy atom. The first kappa shape index (κ1) is 18.6. The summed E-state index contributed by atoms with van der Waals surface area (Å²) in [6.45, 7) is 1.44. The van der Waals surface area contributed by atoms with Crippen LogP contribution >= 0.6 is 0 Å². The summed E-state index contributed by atoms with van der Waals surface area (Å²) in [5, 5.41) is 11.3. The molecule has 1 aliphatic carbocycles. The standard InChI is InChI=1S/C19H20N4O4/c1-12-4-2-3-5-15(12)23-18(26)17(25)22(19(23)27)11-16(24)21-14-8-6-13(10-20)7-9-14/h6-9,12,15H,2-5,11H2,1H3,(H,21,24)/t12-,15+/m1/s1. The van der Waals surface area contributed by atoms with Gasteiger partial charge in [0, 0.05) is 11.7 Å². The monoisotopic (exact) mass is 368 g/mol. The molecule has 27 heavy (non-hydrogen) atoms. The smallest absolute Gasteiger partial charge is 0.325 e. The molecule has 1 aromatic rings. The normalized spacial score (nSPS) is 22.7. The molecule has 1 saturated carbocycles. The van der Waals surface area contributed by atoms with Gasteiger partial charge in [0.25, 0.3) is 0 Å². The highest BCUT2D eigenvalue weighted by atomic mass is 16.2. The Morgan fingerprint density at radius 1 is 1.15 bits per heavy atom. The van der Waals surface area contributed by atoms with E-state index in [1.807, 2.05) is 13.0 Å². The summed E-state index contributed by atoms with van der Waals surface area (Å²) in [6, 6.07) is 7.12. The van der Waals surface area contributed by atoms with E-state index in [0.29, 0.717) is 22.6 Å². The molecule has 1 N–H and O–H groups in total. The second kappa shape index (κ2) is 7.58. The van der Waals surface area contributed by atoms with Crippen LogP contribution in [0, 0.1) is 17.2 Å². The number of carbonyl (C=O) groups is 4. The van der Waals surface area contributed by atoms with Crippen LogP contribution in [-0.4, -0.2) is 46.1 Å². The van der Waals surface area contributed by atoms with Gasteiger partial charge in [0.1, 0.15) is 6.54 Å². The number of rotatable bonds is 4. The second-order valence-corrected chi connectivity index (χ2v) is 6.92. The maximum Gasteiger partial charge on any atom is 0.334 e. The molecule has 140 valence electrons. The van der Waals surface area contributed by atoms with Gasteiger partial charge in [-0.15, -0.1) is 0 Å². The lowest BCUT2D eigenvalue weighted by molar-refractivity contribution is -0.145. The molecule has 1 aliphatic heterocycles. The highest BCUT2D eigenvalue weighted by molar-refractivity contribution is 6.45. The largest absolute Gasteiger partial charge is 0.334 e. The number of hydrogen-bond donors (Lipinski definition) is 1. The lowest BCUT2D eigenvalue weighted by atomic mass is 9.85. The zero-order valence-electron chi connectivity index (χ0n) is 15.0. The average Bonchev–Trinajstić information content (AvgIpc) is 2.86. The SMILES string of the molecule is C[C@@H]1CCCC[C@@H]1N1C(=O)C(=O)N(CC(=O)Nc2ccc(C#N)cc2)C1=O. The number of nitrogens with one attached hydrogen (secondary N) is 1. The maximum atomic E-state index is 12.6. The van der Waals surface area contributed by atoms with Gasteiger partial charge in [-0.2, -0.15) is 5.26 Å². The van der Waals surface area contributed by atoms with Crippen molar-refractivity contribution in [3.8, 4) is 6.07 Å². The van der Waals surface area contributed by atoms with Gasteiger partial charge in [0.15, 0.2) is 0 Å². The number of nitrogens with zero attached hydrogens (tertiary/aromatic N) is 3. The van der Waals surface area contributed by atoms with Crippen LogP contribution in [0.4, 0.5) is 10.5 Å². The van der Waals surface area contributed by atoms with Crippen molar-refractivity contribution in [1.29, 1.82) is 5.26 Å². The molecule has 8 heteroatoms. The van der Waals surface area contributed by atoms with Crippen LogP contribution in [0.2, 0.25) is 0 Å². The van der Waals surface area contributed by atoms with Gasteiger partial charge in [-0.05, 0) is 43.0 Å². The lowest BCUT2D eigenvalue weighted by Crippen LogP contribution is -2.46. The van der Waals surface area contributed by atoms with Gasteiger partial charge in [0.05, 0.1) is 11.6 Å². The van der Waals surface area contributed by atoms with E-state index >= 15 is 0 Å². The molecule has 0 unspecified atom stereocenters. The van der Waals surface area contributed by atoms with Crippen molar-refractivity contribution in [3.05, 3.63) is 29.8 Å². The van der Waals surface area contributed by atoms with E-state index in [1.54, 1.807) is 12.1 Å². The molecule has 2 atom stereocenters. The van der Waals surface area contributed by atoms with Crippen LogP contribution < -0.4 is 5.32 Å². The number of hydrogen-bond acceptors (Lipinski definition) is 5. The minimum absolute atomic E-state index is 0.131. The topological polar surface area (TPSA) is 111 Å². The van der Waals surface area contributed by atoms with Crippen molar-refractivity contribution in [1.82, 2.24) is 9.80 Å². The minimum Gasteiger partial charge on any atom is -0.325 e. The highest BCUT2D eigenvalue weighted by Gasteiger charge is 2.49. The molecule has 2 fully saturated rings. The van der Waals surface area contributed by atoms with E-state index in [9.17, 15) is 19.2 Å². The fourth-order valence-corrected chi connectivity index (χ4v) is 3.61. The fraction of sp³-hybridized carbons (Fsp3) is 0.421. The van der Waals surface area contributed by atoms with Crippen molar-refractivity contribution in [2.75, 3.05) is 11.9 Å². The van der Waals surface area contributed by atoms with Crippen molar-refractivity contribution < 1.29 is 19.2 Å². The number of nitriles is 1. The summed E-state index contributed by atoms with van der Waals surface area (Å²) in [5.74, 6) is -2.28. The van der Waals surface area contributed by atoms with Gasteiger partial charge in [-0.3, -0.25) is 19.3 Å². The molecule has 1 aromatic carbocycles. The Hall–Kier alpha value is -3.21. The van der Waals surface area contributed by atoms with Crippen LogP contribution in [0.3, 0.4) is 0 Å². The van der Waals surface area contributed by atoms with Gasteiger partial charge >= 0.3 is 17.8 Å². The molecule has 5 amide bonds. The van der Waals surface area contributed by atoms with E-state index in [-0.39, 0.29) is 12.0 Å². The molecule has 1 saturated heterocycles. The molecule has 0 aromatic heterocycles. The molecule has 8 nitrogen and oxygen atoms in total. The number of amides is 5. The summed E-state index contributed by atoms with van der Waals surface area (Å²) in [4.78, 5) is 51.2. The van der Waals surface area contributed by atoms with Crippen molar-refractivity contribution >= 4 is 29.4 Å². The molecular weight excluding hydrogens is 348 g/mol. The first-order valence-electron chi connectivity index (χ1n) is 8.91. The van der Waals surface area contributed by atoms with Crippen LogP contribution in [0.1, 0.15) is 38.2 Å². The van der Waals surface area contributed by atoms with E-state index in [1.165, 1.54) is 12.1 Å². The van der Waals surface area contributed by atoms with Crippen LogP contribution in [0.25, 0.3) is 0 Å². The fourth-order valence-electron chi connectivity index (χ4n) is 3.61. The van der Waals surface area contributed by atoms with E-state index in [4.69, 9.17) is 5.26 Å². The molecule has 1 heterocycles. The van der Waals surface area contributed by atoms with E-state index in [0.717, 1.165) is 24.2 Å². The summed E-state index contributed by atoms with van der Waals surface area (Å²) in [5.41, 5.74) is 0.878. The number of urea groups is 1. The third-order valence-electron chi connectivity index (χ3n) is 5.08. The van der Waals surface area contributed by atoms with Crippen molar-refractivity contribution in [2.45, 2.75) is 38.6 Å². The summed E-state index contributed by atoms with van der Waals surface area (Å²) < 4.78 is 0. The lowest BCUT2D eigenvalue weighted by Gasteiger charge is -2.34. The van der Waals surface area contributed by atoms with Crippen LogP contribution in [-0.2, 0) is 14.4 Å². The number of carbonyl (C=O) groups excluding carboxylic acids is 4. The zero-order chi connectivity index (χ0) is 19.6. The van der Waals surface area contributed by atoms with Crippen LogP contribution in [0.15, 0.2) is 24.3 Å². The predicted molar refractivity (Wildman–Crippen MR) is 95.2 cm³/mol. The molecule has 0 radical (unpaired) electrons. The Morgan fingerprint density at radius 2 is 1.81 bits per heavy atom. The van der Waals surface area contributed by atoms with Gasteiger partial charge in [-0.1, -0.05) is 19.8 Å². The Balaban J connectivity index is 1.68. The molecule has 0 bridgehead atoms. The molecule has 0 spiro atoms. The molecule has 3 rings (SSSR count). The average molecular weight is 368 g/mol. The maximum absolute atomic E-state index is 12.6. The number of benzene rings is 1. The van der Waals surface area contributed by atoms with Crippen molar-refractivity contribution in [3.63, 3.8) is 0 Å². The Kier molecular flexibility index (Phi) is 5.21. The van der Waals surface area contributed by atoms with Gasteiger partial charge in [0.2, 0.25) is 5.91 Å². The summed E-state index contributed by atoms with van der Waals surface area (Å²) >= 11 is 0. The number of imide groups is 2. The third-order valence-corrected chi connectivity index (χ3v) is 5.08. The van der Waals surface area contributed by atoms with Gasteiger partial charge < -0.3 is 5.32 Å². The van der Waals surface area contributed by atoms with E-state index in [2.05, 4.69) is 5.32 Å². The molecule has 2 aliphatic rings. The summed E-state index contributed by atoms with van der Waals surface area (Å²) in [7, 11) is 0. The quantitative estimate of drug-likeness (QED) is 0.644. The first-order valence-corrected chi connectivity index (χ1v) is 8.91. The van der Waals surface area contributed by atoms with Crippen molar-refractivity contribution in [2.24, 2.45) is 5.92 Å². The highest BCUT2D eigenvalue weighted by Crippen LogP contribution is 2.31. The zero-order valence-corrected chi connectivity index (χ0v) is 15.0. The van der Waals surface area contributed by atoms with Gasteiger partial charge in [-0.25, -0.2) is 9.69 Å². The molecular formula is C19H20N4O4. The van der Waals surface area contributed by atoms with Crippen LogP contribution in [0.5, 0.6) is 0 Å². The first-order chi connectivity index (χ1) is 12.9. The Bertz CT molecular complexity index is 827. The second-order valence-electron chi connectivity index (χ2n) is 6.92.